The Kier molecular flexibility index (Phi) is 6.45. The first-order valence-corrected chi connectivity index (χ1v) is 10.6. The van der Waals surface area contributed by atoms with E-state index in [4.69, 9.17) is 10.5 Å². The van der Waals surface area contributed by atoms with Crippen LogP contribution in [0.25, 0.3) is 0 Å². The Hall–Kier alpha value is -2.88. The van der Waals surface area contributed by atoms with Gasteiger partial charge in [0.05, 0.1) is 28.4 Å². The highest BCUT2D eigenvalue weighted by Crippen LogP contribution is 2.26. The molecule has 9 nitrogen and oxygen atoms in total. The largest absolute Gasteiger partial charge is 0.492 e. The number of rotatable bonds is 8. The molecule has 0 saturated carbocycles. The van der Waals surface area contributed by atoms with Crippen molar-refractivity contribution in [2.45, 2.75) is 32.1 Å². The van der Waals surface area contributed by atoms with Gasteiger partial charge in [0.1, 0.15) is 11.4 Å². The van der Waals surface area contributed by atoms with E-state index in [1.807, 2.05) is 13.8 Å². The van der Waals surface area contributed by atoms with Crippen LogP contribution < -0.4 is 15.8 Å². The minimum absolute atomic E-state index is 0.0208. The zero-order valence-electron chi connectivity index (χ0n) is 16.2. The second kappa shape index (κ2) is 8.42. The molecule has 2 amide bonds. The summed E-state index contributed by atoms with van der Waals surface area (Å²) in [5.41, 5.74) is 5.94. The topological polar surface area (TPSA) is 144 Å². The molecule has 0 radical (unpaired) electrons. The predicted molar refractivity (Wildman–Crippen MR) is 104 cm³/mol. The third-order valence-corrected chi connectivity index (χ3v) is 4.97. The molecule has 1 aromatic heterocycles. The van der Waals surface area contributed by atoms with Crippen LogP contribution >= 0.6 is 0 Å². The third-order valence-electron chi connectivity index (χ3n) is 3.86. The summed E-state index contributed by atoms with van der Waals surface area (Å²) in [5.74, 6) is -0.972. The first-order valence-electron chi connectivity index (χ1n) is 8.69. The summed E-state index contributed by atoms with van der Waals surface area (Å²) >= 11 is 0. The van der Waals surface area contributed by atoms with Gasteiger partial charge in [0.2, 0.25) is 0 Å². The third kappa shape index (κ3) is 4.89. The zero-order valence-corrected chi connectivity index (χ0v) is 17.0. The number of carbonyl (C=O) groups is 2. The molecular weight excluding hydrogens is 384 g/mol. The lowest BCUT2D eigenvalue weighted by Gasteiger charge is -2.14. The summed E-state index contributed by atoms with van der Waals surface area (Å²) in [6, 6.07) is 4.07. The van der Waals surface area contributed by atoms with Crippen LogP contribution in [0.1, 0.15) is 47.3 Å². The number of aromatic nitrogens is 2. The quantitative estimate of drug-likeness (QED) is 0.607. The summed E-state index contributed by atoms with van der Waals surface area (Å²) in [5, 5.41) is 9.09. The summed E-state index contributed by atoms with van der Waals surface area (Å²) in [4.78, 5) is 24.5. The van der Waals surface area contributed by atoms with Gasteiger partial charge in [-0.1, -0.05) is 20.8 Å². The van der Waals surface area contributed by atoms with E-state index in [0.717, 1.165) is 6.26 Å². The van der Waals surface area contributed by atoms with E-state index in [1.165, 1.54) is 18.2 Å². The molecule has 0 bridgehead atoms. The van der Waals surface area contributed by atoms with Gasteiger partial charge in [-0.25, -0.2) is 8.42 Å². The molecule has 0 aliphatic heterocycles. The minimum atomic E-state index is -3.53. The van der Waals surface area contributed by atoms with Crippen LogP contribution in [0.15, 0.2) is 23.1 Å². The zero-order chi connectivity index (χ0) is 21.1. The molecule has 0 spiro atoms. The molecule has 0 atom stereocenters. The average Bonchev–Trinajstić information content (AvgIpc) is 3.01. The first kappa shape index (κ1) is 21.4. The van der Waals surface area contributed by atoms with E-state index in [9.17, 15) is 18.0 Å². The lowest BCUT2D eigenvalue weighted by molar-refractivity contribution is 0.0996. The number of primary amides is 1. The van der Waals surface area contributed by atoms with Crippen LogP contribution in [0.2, 0.25) is 0 Å². The van der Waals surface area contributed by atoms with E-state index < -0.39 is 21.7 Å². The maximum atomic E-state index is 12.9. The van der Waals surface area contributed by atoms with Gasteiger partial charge < -0.3 is 15.8 Å². The van der Waals surface area contributed by atoms with E-state index in [0.29, 0.717) is 18.7 Å². The van der Waals surface area contributed by atoms with Gasteiger partial charge >= 0.3 is 0 Å². The summed E-state index contributed by atoms with van der Waals surface area (Å²) in [6.07, 6.45) is 1.49. The molecule has 0 unspecified atom stereocenters. The van der Waals surface area contributed by atoms with E-state index in [2.05, 4.69) is 15.5 Å². The Morgan fingerprint density at radius 3 is 2.54 bits per heavy atom. The highest BCUT2D eigenvalue weighted by atomic mass is 32.2. The fourth-order valence-electron chi connectivity index (χ4n) is 2.43. The number of hydrogen-bond donors (Lipinski definition) is 3. The number of anilines is 1. The van der Waals surface area contributed by atoms with Crippen molar-refractivity contribution >= 4 is 27.3 Å². The fourth-order valence-corrected chi connectivity index (χ4v) is 3.08. The second-order valence-corrected chi connectivity index (χ2v) is 8.74. The predicted octanol–water partition coefficient (Wildman–Crippen LogP) is 1.76. The fraction of sp³-hybridized carbons (Fsp3) is 0.389. The number of nitrogens with one attached hydrogen (secondary N) is 2. The SMILES string of the molecule is CCc1n[nH]c(C(N)=O)c1NC(=O)c1cc(S(C)(=O)=O)ccc1OCC(C)C. The van der Waals surface area contributed by atoms with Crippen molar-refractivity contribution in [3.63, 3.8) is 0 Å². The monoisotopic (exact) mass is 408 g/mol. The van der Waals surface area contributed by atoms with Crippen LogP contribution in [-0.2, 0) is 16.3 Å². The van der Waals surface area contributed by atoms with E-state index in [-0.39, 0.29) is 33.5 Å². The second-order valence-electron chi connectivity index (χ2n) is 6.73. The normalized spacial score (nSPS) is 11.5. The molecule has 0 fully saturated rings. The molecule has 0 aliphatic rings. The number of aryl methyl sites for hydroxylation is 1. The molecule has 10 heteroatoms. The molecular formula is C18H24N4O5S. The Labute approximate surface area is 163 Å². The van der Waals surface area contributed by atoms with Gasteiger partial charge in [0.25, 0.3) is 11.8 Å². The number of H-pyrrole nitrogens is 1. The molecule has 0 aliphatic carbocycles. The Morgan fingerprint density at radius 2 is 2.00 bits per heavy atom. The van der Waals surface area contributed by atoms with Gasteiger partial charge in [-0.05, 0) is 30.5 Å². The van der Waals surface area contributed by atoms with Crippen molar-refractivity contribution in [3.05, 3.63) is 35.2 Å². The van der Waals surface area contributed by atoms with Crippen LogP contribution in [0, 0.1) is 5.92 Å². The Bertz CT molecular complexity index is 995. The Balaban J connectivity index is 2.48. The highest BCUT2D eigenvalue weighted by molar-refractivity contribution is 7.90. The smallest absolute Gasteiger partial charge is 0.268 e. The number of sulfone groups is 1. The van der Waals surface area contributed by atoms with Gasteiger partial charge in [-0.15, -0.1) is 0 Å². The maximum Gasteiger partial charge on any atom is 0.268 e. The number of benzene rings is 1. The lowest BCUT2D eigenvalue weighted by Crippen LogP contribution is -2.20. The number of amides is 2. The lowest BCUT2D eigenvalue weighted by atomic mass is 10.1. The van der Waals surface area contributed by atoms with Crippen molar-refractivity contribution in [1.82, 2.24) is 10.2 Å². The molecule has 1 aromatic carbocycles. The molecule has 28 heavy (non-hydrogen) atoms. The highest BCUT2D eigenvalue weighted by Gasteiger charge is 2.22. The van der Waals surface area contributed by atoms with Gasteiger partial charge in [-0.2, -0.15) is 5.10 Å². The number of hydrogen-bond acceptors (Lipinski definition) is 6. The summed E-state index contributed by atoms with van der Waals surface area (Å²) in [7, 11) is -3.53. The van der Waals surface area contributed by atoms with Crippen molar-refractivity contribution in [2.75, 3.05) is 18.2 Å². The van der Waals surface area contributed by atoms with Crippen LogP contribution in [0.3, 0.4) is 0 Å². The standard InChI is InChI=1S/C18H24N4O5S/c1-5-13-15(16(17(19)23)22-21-13)20-18(24)12-8-11(28(4,25)26)6-7-14(12)27-9-10(2)3/h6-8,10H,5,9H2,1-4H3,(H2,19,23)(H,20,24)(H,21,22). The van der Waals surface area contributed by atoms with Gasteiger partial charge in [-0.3, -0.25) is 14.7 Å². The molecule has 1 heterocycles. The van der Waals surface area contributed by atoms with Gasteiger partial charge in [0.15, 0.2) is 9.84 Å². The summed E-state index contributed by atoms with van der Waals surface area (Å²) < 4.78 is 29.5. The van der Waals surface area contributed by atoms with Crippen molar-refractivity contribution < 1.29 is 22.7 Å². The summed E-state index contributed by atoms with van der Waals surface area (Å²) in [6.45, 7) is 6.04. The average molecular weight is 408 g/mol. The molecule has 4 N–H and O–H groups in total. The van der Waals surface area contributed by atoms with Gasteiger partial charge in [0, 0.05) is 6.26 Å². The van der Waals surface area contributed by atoms with Crippen LogP contribution in [-0.4, -0.2) is 43.3 Å². The molecule has 152 valence electrons. The van der Waals surface area contributed by atoms with E-state index >= 15 is 0 Å². The maximum absolute atomic E-state index is 12.9. The van der Waals surface area contributed by atoms with E-state index in [1.54, 1.807) is 6.92 Å². The first-order chi connectivity index (χ1) is 13.0. The van der Waals surface area contributed by atoms with Crippen LogP contribution in [0.5, 0.6) is 5.75 Å². The Morgan fingerprint density at radius 1 is 1.32 bits per heavy atom. The number of nitrogens with zero attached hydrogens (tertiary/aromatic N) is 1. The van der Waals surface area contributed by atoms with Crippen molar-refractivity contribution in [3.8, 4) is 5.75 Å². The number of aromatic amines is 1. The molecule has 2 rings (SSSR count). The molecule has 2 aromatic rings. The van der Waals surface area contributed by atoms with Crippen molar-refractivity contribution in [1.29, 1.82) is 0 Å². The number of ether oxygens (including phenoxy) is 1. The minimum Gasteiger partial charge on any atom is -0.492 e. The van der Waals surface area contributed by atoms with Crippen molar-refractivity contribution in [2.24, 2.45) is 11.7 Å². The van der Waals surface area contributed by atoms with Crippen LogP contribution in [0.4, 0.5) is 5.69 Å². The molecule has 0 saturated heterocycles. The number of carbonyl (C=O) groups excluding carboxylic acids is 2. The number of nitrogens with two attached hydrogens (primary N) is 1.